The highest BCUT2D eigenvalue weighted by Crippen LogP contribution is 2.20. The minimum atomic E-state index is -1.07. The summed E-state index contributed by atoms with van der Waals surface area (Å²) < 4.78 is 13.6. The molecule has 0 radical (unpaired) electrons. The number of amides is 2. The number of anilines is 1. The number of nitrogens with zero attached hydrogens (tertiary/aromatic N) is 1. The number of nitro benzene ring substituents is 1. The number of carbonyl (C=O) groups is 2. The number of halogens is 1. The molecule has 1 aromatic carbocycles. The molecule has 0 aliphatic heterocycles. The van der Waals surface area contributed by atoms with Crippen LogP contribution in [0.4, 0.5) is 20.6 Å². The van der Waals surface area contributed by atoms with Crippen LogP contribution in [0.15, 0.2) is 18.2 Å². The van der Waals surface area contributed by atoms with Crippen molar-refractivity contribution in [2.45, 2.75) is 25.8 Å². The fourth-order valence-electron chi connectivity index (χ4n) is 1.57. The molecule has 114 valence electrons. The zero-order chi connectivity index (χ0) is 16.0. The van der Waals surface area contributed by atoms with Gasteiger partial charge >= 0.3 is 12.0 Å². The maximum absolute atomic E-state index is 13.6. The van der Waals surface area contributed by atoms with Gasteiger partial charge in [0.05, 0.1) is 23.1 Å². The first-order chi connectivity index (χ1) is 9.83. The summed E-state index contributed by atoms with van der Waals surface area (Å²) >= 11 is 0. The van der Waals surface area contributed by atoms with Gasteiger partial charge in [0.15, 0.2) is 5.82 Å². The highest BCUT2D eigenvalue weighted by Gasteiger charge is 2.16. The van der Waals surface area contributed by atoms with Crippen molar-refractivity contribution in [2.75, 3.05) is 5.32 Å². The van der Waals surface area contributed by atoms with Crippen LogP contribution < -0.4 is 10.6 Å². The average Bonchev–Trinajstić information content (AvgIpc) is 2.39. The van der Waals surface area contributed by atoms with Gasteiger partial charge in [0.1, 0.15) is 0 Å². The molecular formula is C12H14FN3O5. The Labute approximate surface area is 119 Å². The summed E-state index contributed by atoms with van der Waals surface area (Å²) in [5, 5.41) is 23.7. The number of carbonyl (C=O) groups excluding carboxylic acids is 1. The predicted octanol–water partition coefficient (Wildman–Crippen LogP) is 2.11. The van der Waals surface area contributed by atoms with Crippen molar-refractivity contribution in [2.24, 2.45) is 0 Å². The molecule has 8 nitrogen and oxygen atoms in total. The van der Waals surface area contributed by atoms with Crippen LogP contribution in [0.1, 0.15) is 19.8 Å². The topological polar surface area (TPSA) is 122 Å². The van der Waals surface area contributed by atoms with E-state index in [2.05, 4.69) is 10.6 Å². The van der Waals surface area contributed by atoms with Crippen LogP contribution in [-0.2, 0) is 4.79 Å². The van der Waals surface area contributed by atoms with E-state index in [0.717, 1.165) is 12.1 Å². The second-order valence-electron chi connectivity index (χ2n) is 4.22. The Hall–Kier alpha value is -2.71. The number of benzene rings is 1. The smallest absolute Gasteiger partial charge is 0.319 e. The maximum Gasteiger partial charge on any atom is 0.319 e. The highest BCUT2D eigenvalue weighted by atomic mass is 19.1. The van der Waals surface area contributed by atoms with E-state index in [1.807, 2.05) is 0 Å². The first-order valence-electron chi connectivity index (χ1n) is 6.06. The third kappa shape index (κ3) is 5.05. The Kier molecular flexibility index (Phi) is 5.58. The second-order valence-corrected chi connectivity index (χ2v) is 4.22. The number of hydrogen-bond acceptors (Lipinski definition) is 4. The lowest BCUT2D eigenvalue weighted by Crippen LogP contribution is -2.39. The molecule has 2 amide bonds. The summed E-state index contributed by atoms with van der Waals surface area (Å²) in [5.41, 5.74) is -0.668. The Bertz CT molecular complexity index is 564. The van der Waals surface area contributed by atoms with Crippen molar-refractivity contribution in [3.05, 3.63) is 34.1 Å². The number of carboxylic acid groups (broad SMARTS) is 1. The largest absolute Gasteiger partial charge is 0.481 e. The van der Waals surface area contributed by atoms with E-state index < -0.39 is 34.5 Å². The molecule has 21 heavy (non-hydrogen) atoms. The van der Waals surface area contributed by atoms with E-state index in [0.29, 0.717) is 12.5 Å². The van der Waals surface area contributed by atoms with Gasteiger partial charge in [0.25, 0.3) is 5.69 Å². The average molecular weight is 299 g/mol. The lowest BCUT2D eigenvalue weighted by molar-refractivity contribution is -0.385. The third-order valence-electron chi connectivity index (χ3n) is 2.66. The number of carboxylic acids is 1. The monoisotopic (exact) mass is 299 g/mol. The Morgan fingerprint density at radius 3 is 2.62 bits per heavy atom. The van der Waals surface area contributed by atoms with Gasteiger partial charge in [-0.25, -0.2) is 9.18 Å². The third-order valence-corrected chi connectivity index (χ3v) is 2.66. The van der Waals surface area contributed by atoms with Gasteiger partial charge in [-0.3, -0.25) is 14.9 Å². The van der Waals surface area contributed by atoms with Crippen molar-refractivity contribution >= 4 is 23.4 Å². The number of aliphatic carboxylic acids is 1. The summed E-state index contributed by atoms with van der Waals surface area (Å²) in [6, 6.07) is 1.42. The molecule has 1 aromatic rings. The molecule has 0 saturated carbocycles. The molecular weight excluding hydrogens is 285 g/mol. The first kappa shape index (κ1) is 16.3. The lowest BCUT2D eigenvalue weighted by Gasteiger charge is -2.15. The normalized spacial score (nSPS) is 11.5. The molecule has 1 unspecified atom stereocenters. The number of urea groups is 1. The van der Waals surface area contributed by atoms with Crippen LogP contribution in [0, 0.1) is 15.9 Å². The molecule has 1 atom stereocenters. The molecule has 3 N–H and O–H groups in total. The minimum Gasteiger partial charge on any atom is -0.481 e. The Morgan fingerprint density at radius 2 is 2.14 bits per heavy atom. The molecule has 0 saturated heterocycles. The van der Waals surface area contributed by atoms with Crippen LogP contribution in [0.3, 0.4) is 0 Å². The fourth-order valence-corrected chi connectivity index (χ4v) is 1.57. The van der Waals surface area contributed by atoms with E-state index in [4.69, 9.17) is 5.11 Å². The van der Waals surface area contributed by atoms with Crippen LogP contribution in [0.25, 0.3) is 0 Å². The van der Waals surface area contributed by atoms with Gasteiger partial charge in [-0.1, -0.05) is 6.92 Å². The van der Waals surface area contributed by atoms with Crippen LogP contribution in [0.2, 0.25) is 0 Å². The van der Waals surface area contributed by atoms with E-state index >= 15 is 0 Å². The number of nitro groups is 1. The highest BCUT2D eigenvalue weighted by molar-refractivity contribution is 5.90. The number of rotatable bonds is 6. The molecule has 0 bridgehead atoms. The van der Waals surface area contributed by atoms with E-state index in [1.54, 1.807) is 6.92 Å². The Morgan fingerprint density at radius 1 is 1.48 bits per heavy atom. The van der Waals surface area contributed by atoms with Crippen LogP contribution in [0.5, 0.6) is 0 Å². The summed E-state index contributed by atoms with van der Waals surface area (Å²) in [6.07, 6.45) is 0.134. The molecule has 0 heterocycles. The number of nitrogens with one attached hydrogen (secondary N) is 2. The van der Waals surface area contributed by atoms with Crippen molar-refractivity contribution < 1.29 is 24.0 Å². The van der Waals surface area contributed by atoms with Crippen molar-refractivity contribution in [3.63, 3.8) is 0 Å². The number of non-ortho nitro benzene ring substituents is 1. The van der Waals surface area contributed by atoms with Crippen molar-refractivity contribution in [1.82, 2.24) is 5.32 Å². The summed E-state index contributed by atoms with van der Waals surface area (Å²) in [4.78, 5) is 31.9. The SMILES string of the molecule is CCC(CC(=O)O)NC(=O)Nc1ccc([N+](=O)[O-])cc1F. The standard InChI is InChI=1S/C12H14FN3O5/c1-2-7(5-11(17)18)14-12(19)15-10-4-3-8(16(20)21)6-9(10)13/h3-4,6-7H,2,5H2,1H3,(H,17,18)(H2,14,15,19). The maximum atomic E-state index is 13.6. The fraction of sp³-hybridized carbons (Fsp3) is 0.333. The molecule has 1 rings (SSSR count). The van der Waals surface area contributed by atoms with Gasteiger partial charge < -0.3 is 15.7 Å². The van der Waals surface area contributed by atoms with Crippen molar-refractivity contribution in [3.8, 4) is 0 Å². The summed E-state index contributed by atoms with van der Waals surface area (Å²) in [7, 11) is 0. The molecule has 0 aliphatic rings. The first-order valence-corrected chi connectivity index (χ1v) is 6.06. The summed E-state index contributed by atoms with van der Waals surface area (Å²) in [6.45, 7) is 1.69. The molecule has 9 heteroatoms. The van der Waals surface area contributed by atoms with Gasteiger partial charge in [-0.2, -0.15) is 0 Å². The molecule has 0 aliphatic carbocycles. The summed E-state index contributed by atoms with van der Waals surface area (Å²) in [5.74, 6) is -2.02. The zero-order valence-electron chi connectivity index (χ0n) is 11.1. The Balaban J connectivity index is 2.70. The van der Waals surface area contributed by atoms with E-state index in [-0.39, 0.29) is 12.1 Å². The zero-order valence-corrected chi connectivity index (χ0v) is 11.1. The van der Waals surface area contributed by atoms with Gasteiger partial charge in [0, 0.05) is 12.1 Å². The van der Waals surface area contributed by atoms with Gasteiger partial charge in [0.2, 0.25) is 0 Å². The van der Waals surface area contributed by atoms with E-state index in [1.165, 1.54) is 0 Å². The van der Waals surface area contributed by atoms with Crippen LogP contribution >= 0.6 is 0 Å². The predicted molar refractivity (Wildman–Crippen MR) is 71.5 cm³/mol. The molecule has 0 spiro atoms. The number of hydrogen-bond donors (Lipinski definition) is 3. The van der Waals surface area contributed by atoms with Crippen LogP contribution in [-0.4, -0.2) is 28.1 Å². The molecule has 0 fully saturated rings. The van der Waals surface area contributed by atoms with E-state index in [9.17, 15) is 24.1 Å². The van der Waals surface area contributed by atoms with Gasteiger partial charge in [-0.05, 0) is 12.5 Å². The van der Waals surface area contributed by atoms with Gasteiger partial charge in [-0.15, -0.1) is 0 Å². The lowest BCUT2D eigenvalue weighted by atomic mass is 10.1. The second kappa shape index (κ2) is 7.17. The molecule has 0 aromatic heterocycles. The quantitative estimate of drug-likeness (QED) is 0.548. The minimum absolute atomic E-state index is 0.233. The van der Waals surface area contributed by atoms with Crippen molar-refractivity contribution in [1.29, 1.82) is 0 Å².